The lowest BCUT2D eigenvalue weighted by Gasteiger charge is -2.14. The van der Waals surface area contributed by atoms with Crippen LogP contribution in [0.1, 0.15) is 47.5 Å². The Morgan fingerprint density at radius 3 is 2.66 bits per heavy atom. The summed E-state index contributed by atoms with van der Waals surface area (Å²) in [6, 6.07) is 6.80. The van der Waals surface area contributed by atoms with Crippen LogP contribution in [0.5, 0.6) is 5.75 Å². The molecule has 0 amide bonds. The molecule has 0 radical (unpaired) electrons. The van der Waals surface area contributed by atoms with Crippen molar-refractivity contribution >= 4 is 27.5 Å². The number of aryl methyl sites for hydroxylation is 1. The first kappa shape index (κ1) is 21.2. The summed E-state index contributed by atoms with van der Waals surface area (Å²) in [6.07, 6.45) is 1.46. The van der Waals surface area contributed by atoms with Crippen LogP contribution in [-0.4, -0.2) is 16.1 Å². The Morgan fingerprint density at radius 2 is 1.97 bits per heavy atom. The molecule has 2 aromatic carbocycles. The monoisotopic (exact) mass is 415 g/mol. The largest absolute Gasteiger partial charge is 0.489 e. The smallest absolute Gasteiger partial charge is 0.303 e. The van der Waals surface area contributed by atoms with E-state index < -0.39 is 5.97 Å². The van der Waals surface area contributed by atoms with Crippen molar-refractivity contribution in [2.75, 3.05) is 0 Å². The number of hydrogen-bond donors (Lipinski definition) is 1. The normalized spacial score (nSPS) is 11.4. The number of aromatic nitrogens is 1. The van der Waals surface area contributed by atoms with Gasteiger partial charge in [-0.1, -0.05) is 19.9 Å². The van der Waals surface area contributed by atoms with E-state index in [0.29, 0.717) is 12.3 Å². The number of rotatable bonds is 8. The van der Waals surface area contributed by atoms with Crippen LogP contribution in [0.25, 0.3) is 10.2 Å². The Balaban J connectivity index is 1.82. The van der Waals surface area contributed by atoms with Crippen molar-refractivity contribution in [1.82, 2.24) is 4.98 Å². The molecular weight excluding hydrogens is 389 g/mol. The SMILES string of the molecule is Cc1c(CCC(=O)O)ccc(OCc2cc(F)cc3sc(CC(C)C)nc23)c1C. The van der Waals surface area contributed by atoms with Gasteiger partial charge in [-0.3, -0.25) is 4.79 Å². The third-order valence-corrected chi connectivity index (χ3v) is 6.03. The highest BCUT2D eigenvalue weighted by atomic mass is 32.1. The highest BCUT2D eigenvalue weighted by Gasteiger charge is 2.14. The molecule has 3 aromatic rings. The van der Waals surface area contributed by atoms with Gasteiger partial charge in [0.15, 0.2) is 0 Å². The van der Waals surface area contributed by atoms with Crippen molar-refractivity contribution in [3.63, 3.8) is 0 Å². The van der Waals surface area contributed by atoms with E-state index in [1.165, 1.54) is 23.5 Å². The topological polar surface area (TPSA) is 59.4 Å². The van der Waals surface area contributed by atoms with E-state index in [1.807, 2.05) is 26.0 Å². The summed E-state index contributed by atoms with van der Waals surface area (Å²) in [7, 11) is 0. The van der Waals surface area contributed by atoms with Gasteiger partial charge in [0.2, 0.25) is 0 Å². The number of nitrogens with zero attached hydrogens (tertiary/aromatic N) is 1. The van der Waals surface area contributed by atoms with Crippen LogP contribution in [-0.2, 0) is 24.2 Å². The minimum absolute atomic E-state index is 0.101. The fourth-order valence-corrected chi connectivity index (χ4v) is 4.58. The summed E-state index contributed by atoms with van der Waals surface area (Å²) in [5.41, 5.74) is 4.54. The lowest BCUT2D eigenvalue weighted by atomic mass is 9.99. The second kappa shape index (κ2) is 8.91. The Bertz CT molecular complexity index is 1040. The van der Waals surface area contributed by atoms with Crippen LogP contribution >= 0.6 is 11.3 Å². The summed E-state index contributed by atoms with van der Waals surface area (Å²) < 4.78 is 21.0. The molecule has 0 aliphatic heterocycles. The zero-order valence-corrected chi connectivity index (χ0v) is 18.0. The number of fused-ring (bicyclic) bond motifs is 1. The molecule has 1 N–H and O–H groups in total. The highest BCUT2D eigenvalue weighted by molar-refractivity contribution is 7.18. The molecule has 0 bridgehead atoms. The number of carboxylic acid groups (broad SMARTS) is 1. The van der Waals surface area contributed by atoms with Crippen molar-refractivity contribution < 1.29 is 19.0 Å². The summed E-state index contributed by atoms with van der Waals surface area (Å²) in [5, 5.41) is 9.91. The van der Waals surface area contributed by atoms with Crippen LogP contribution in [0.3, 0.4) is 0 Å². The second-order valence-electron chi connectivity index (χ2n) is 7.77. The molecule has 0 unspecified atom stereocenters. The van der Waals surface area contributed by atoms with Gasteiger partial charge >= 0.3 is 5.97 Å². The lowest BCUT2D eigenvalue weighted by molar-refractivity contribution is -0.136. The fourth-order valence-electron chi connectivity index (χ4n) is 3.33. The average Bonchev–Trinajstić information content (AvgIpc) is 3.03. The van der Waals surface area contributed by atoms with Gasteiger partial charge in [0, 0.05) is 18.4 Å². The molecule has 1 heterocycles. The summed E-state index contributed by atoms with van der Waals surface area (Å²) >= 11 is 1.54. The van der Waals surface area contributed by atoms with E-state index in [9.17, 15) is 9.18 Å². The molecule has 3 rings (SSSR count). The molecule has 0 aliphatic carbocycles. The second-order valence-corrected chi connectivity index (χ2v) is 8.89. The first-order valence-corrected chi connectivity index (χ1v) is 10.6. The first-order chi connectivity index (χ1) is 13.7. The van der Waals surface area contributed by atoms with Crippen LogP contribution in [0.2, 0.25) is 0 Å². The molecule has 1 aromatic heterocycles. The average molecular weight is 416 g/mol. The van der Waals surface area contributed by atoms with Gasteiger partial charge in [-0.25, -0.2) is 9.37 Å². The zero-order valence-electron chi connectivity index (χ0n) is 17.2. The van der Waals surface area contributed by atoms with Crippen LogP contribution in [0, 0.1) is 25.6 Å². The van der Waals surface area contributed by atoms with Crippen LogP contribution in [0.15, 0.2) is 24.3 Å². The van der Waals surface area contributed by atoms with E-state index in [4.69, 9.17) is 14.8 Å². The van der Waals surface area contributed by atoms with Crippen molar-refractivity contribution in [1.29, 1.82) is 0 Å². The summed E-state index contributed by atoms with van der Waals surface area (Å²) in [5.74, 6) is 0.118. The third kappa shape index (κ3) is 5.12. The van der Waals surface area contributed by atoms with Gasteiger partial charge in [-0.05, 0) is 61.1 Å². The number of halogens is 1. The number of carboxylic acids is 1. The molecule has 154 valence electrons. The fraction of sp³-hybridized carbons (Fsp3) is 0.391. The lowest BCUT2D eigenvalue weighted by Crippen LogP contribution is -2.03. The maximum atomic E-state index is 14.1. The summed E-state index contributed by atoms with van der Waals surface area (Å²) in [6.45, 7) is 8.44. The van der Waals surface area contributed by atoms with Crippen LogP contribution < -0.4 is 4.74 Å². The zero-order chi connectivity index (χ0) is 21.1. The number of carbonyl (C=O) groups is 1. The number of thiazole rings is 1. The van der Waals surface area contributed by atoms with Crippen LogP contribution in [0.4, 0.5) is 4.39 Å². The Labute approximate surface area is 174 Å². The minimum atomic E-state index is -0.808. The van der Waals surface area contributed by atoms with Gasteiger partial charge in [0.05, 0.1) is 15.2 Å². The van der Waals surface area contributed by atoms with Gasteiger partial charge in [-0.15, -0.1) is 11.3 Å². The first-order valence-electron chi connectivity index (χ1n) is 9.76. The van der Waals surface area contributed by atoms with E-state index in [0.717, 1.165) is 49.6 Å². The van der Waals surface area contributed by atoms with E-state index in [1.54, 1.807) is 0 Å². The van der Waals surface area contributed by atoms with Crippen molar-refractivity contribution in [2.45, 2.75) is 53.6 Å². The molecule has 4 nitrogen and oxygen atoms in total. The van der Waals surface area contributed by atoms with Gasteiger partial charge in [0.25, 0.3) is 0 Å². The van der Waals surface area contributed by atoms with Gasteiger partial charge < -0.3 is 9.84 Å². The number of hydrogen-bond acceptors (Lipinski definition) is 4. The van der Waals surface area contributed by atoms with E-state index in [-0.39, 0.29) is 18.8 Å². The van der Waals surface area contributed by atoms with Crippen molar-refractivity contribution in [3.8, 4) is 5.75 Å². The molecule has 0 atom stereocenters. The predicted octanol–water partition coefficient (Wildman–Crippen LogP) is 5.85. The Kier molecular flexibility index (Phi) is 6.52. The van der Waals surface area contributed by atoms with E-state index in [2.05, 4.69) is 13.8 Å². The molecule has 0 saturated heterocycles. The van der Waals surface area contributed by atoms with E-state index >= 15 is 0 Å². The quantitative estimate of drug-likeness (QED) is 0.502. The maximum Gasteiger partial charge on any atom is 0.303 e. The third-order valence-electron chi connectivity index (χ3n) is 5.01. The Hall–Kier alpha value is -2.47. The minimum Gasteiger partial charge on any atom is -0.489 e. The Morgan fingerprint density at radius 1 is 1.21 bits per heavy atom. The molecule has 29 heavy (non-hydrogen) atoms. The molecule has 0 saturated carbocycles. The number of ether oxygens (including phenoxy) is 1. The maximum absolute atomic E-state index is 14.1. The van der Waals surface area contributed by atoms with Gasteiger partial charge in [-0.2, -0.15) is 0 Å². The molecule has 0 aliphatic rings. The van der Waals surface area contributed by atoms with Crippen molar-refractivity contribution in [3.05, 3.63) is 57.3 Å². The molecular formula is C23H26FNO3S. The standard InChI is InChI=1S/C23H26FNO3S/c1-13(2)9-21-25-23-17(10-18(24)11-20(23)29-21)12-28-19-7-5-16(6-8-22(26)27)14(3)15(19)4/h5,7,10-11,13H,6,8-9,12H2,1-4H3,(H,26,27). The number of aliphatic carboxylic acids is 1. The molecule has 0 spiro atoms. The van der Waals surface area contributed by atoms with Gasteiger partial charge in [0.1, 0.15) is 18.2 Å². The predicted molar refractivity (Wildman–Crippen MR) is 114 cm³/mol. The number of benzene rings is 2. The van der Waals surface area contributed by atoms with Crippen molar-refractivity contribution in [2.24, 2.45) is 5.92 Å². The molecule has 6 heteroatoms. The summed E-state index contributed by atoms with van der Waals surface area (Å²) in [4.78, 5) is 15.5. The highest BCUT2D eigenvalue weighted by Crippen LogP contribution is 2.30. The molecule has 0 fully saturated rings.